The number of hydrogen-bond donors (Lipinski definition) is 0. The summed E-state index contributed by atoms with van der Waals surface area (Å²) in [6.45, 7) is 0. The molecule has 0 saturated heterocycles. The summed E-state index contributed by atoms with van der Waals surface area (Å²) >= 11 is 0. The van der Waals surface area contributed by atoms with Gasteiger partial charge in [0.15, 0.2) is 5.78 Å². The fourth-order valence-electron chi connectivity index (χ4n) is 2.30. The first kappa shape index (κ1) is 7.08. The number of carbonyl (C=O) groups is 1. The summed E-state index contributed by atoms with van der Waals surface area (Å²) in [6, 6.07) is 0. The molecule has 0 aromatic carbocycles. The van der Waals surface area contributed by atoms with Crippen molar-refractivity contribution in [2.75, 3.05) is 0 Å². The van der Waals surface area contributed by atoms with E-state index in [1.165, 1.54) is 25.7 Å². The van der Waals surface area contributed by atoms with Crippen molar-refractivity contribution >= 4 is 5.78 Å². The average Bonchev–Trinajstić information content (AvgIpc) is 2.04. The molecule has 0 heterocycles. The summed E-state index contributed by atoms with van der Waals surface area (Å²) < 4.78 is 0. The molecule has 1 saturated carbocycles. The molecular weight excluding hydrogens is 136 g/mol. The fraction of sp³-hybridized carbons (Fsp3) is 0.700. The Balaban J connectivity index is 2.10. The molecule has 2 rings (SSSR count). The lowest BCUT2D eigenvalue weighted by Crippen LogP contribution is -2.23. The predicted molar refractivity (Wildman–Crippen MR) is 44.2 cm³/mol. The Labute approximate surface area is 67.5 Å². The lowest BCUT2D eigenvalue weighted by atomic mass is 9.74. The van der Waals surface area contributed by atoms with Crippen molar-refractivity contribution in [3.05, 3.63) is 12.2 Å². The Kier molecular flexibility index (Phi) is 1.80. The van der Waals surface area contributed by atoms with Gasteiger partial charge in [-0.3, -0.25) is 4.79 Å². The standard InChI is InChI=1S/C10H14O/c11-10-6-5-8-3-1-2-4-9(8)7-10/h5-6,8-9H,1-4,7H2/t8-,9-/m0/s1. The van der Waals surface area contributed by atoms with Crippen molar-refractivity contribution in [2.24, 2.45) is 11.8 Å². The van der Waals surface area contributed by atoms with Gasteiger partial charge in [-0.05, 0) is 30.8 Å². The summed E-state index contributed by atoms with van der Waals surface area (Å²) in [5.74, 6) is 1.77. The molecule has 0 N–H and O–H groups in total. The summed E-state index contributed by atoms with van der Waals surface area (Å²) in [4.78, 5) is 11.0. The van der Waals surface area contributed by atoms with Crippen LogP contribution in [0.15, 0.2) is 12.2 Å². The Hall–Kier alpha value is -0.590. The Morgan fingerprint density at radius 2 is 2.09 bits per heavy atom. The third-order valence-electron chi connectivity index (χ3n) is 2.96. The first-order chi connectivity index (χ1) is 5.36. The smallest absolute Gasteiger partial charge is 0.155 e. The summed E-state index contributed by atoms with van der Waals surface area (Å²) in [6.07, 6.45) is 10.0. The molecule has 2 atom stereocenters. The molecule has 0 bridgehead atoms. The van der Waals surface area contributed by atoms with Gasteiger partial charge < -0.3 is 0 Å². The molecule has 1 heteroatoms. The summed E-state index contributed by atoms with van der Waals surface area (Å²) in [7, 11) is 0. The second-order valence-electron chi connectivity index (χ2n) is 3.74. The monoisotopic (exact) mass is 150 g/mol. The molecule has 1 fully saturated rings. The van der Waals surface area contributed by atoms with Gasteiger partial charge >= 0.3 is 0 Å². The molecule has 0 aromatic heterocycles. The van der Waals surface area contributed by atoms with Crippen LogP contribution in [0, 0.1) is 11.8 Å². The van der Waals surface area contributed by atoms with E-state index in [2.05, 4.69) is 6.08 Å². The van der Waals surface area contributed by atoms with Gasteiger partial charge in [0.1, 0.15) is 0 Å². The van der Waals surface area contributed by atoms with E-state index in [0.717, 1.165) is 12.3 Å². The number of carbonyl (C=O) groups excluding carboxylic acids is 1. The highest BCUT2D eigenvalue weighted by Crippen LogP contribution is 2.35. The maximum absolute atomic E-state index is 11.0. The number of ketones is 1. The van der Waals surface area contributed by atoms with Crippen LogP contribution >= 0.6 is 0 Å². The van der Waals surface area contributed by atoms with Crippen LogP contribution in [0.25, 0.3) is 0 Å². The van der Waals surface area contributed by atoms with Gasteiger partial charge in [-0.25, -0.2) is 0 Å². The Morgan fingerprint density at radius 1 is 1.27 bits per heavy atom. The quantitative estimate of drug-likeness (QED) is 0.518. The van der Waals surface area contributed by atoms with E-state index < -0.39 is 0 Å². The second kappa shape index (κ2) is 2.80. The van der Waals surface area contributed by atoms with Crippen LogP contribution < -0.4 is 0 Å². The normalized spacial score (nSPS) is 36.9. The zero-order chi connectivity index (χ0) is 7.68. The van der Waals surface area contributed by atoms with Crippen molar-refractivity contribution in [3.8, 4) is 0 Å². The van der Waals surface area contributed by atoms with Crippen molar-refractivity contribution in [1.82, 2.24) is 0 Å². The van der Waals surface area contributed by atoms with E-state index in [1.54, 1.807) is 6.08 Å². The van der Waals surface area contributed by atoms with Gasteiger partial charge in [0.2, 0.25) is 0 Å². The third kappa shape index (κ3) is 1.37. The first-order valence-electron chi connectivity index (χ1n) is 4.57. The van der Waals surface area contributed by atoms with Gasteiger partial charge in [0, 0.05) is 6.42 Å². The van der Waals surface area contributed by atoms with Crippen molar-refractivity contribution < 1.29 is 4.79 Å². The molecule has 2 aliphatic carbocycles. The van der Waals surface area contributed by atoms with Crippen LogP contribution in [-0.4, -0.2) is 5.78 Å². The maximum atomic E-state index is 11.0. The number of hydrogen-bond acceptors (Lipinski definition) is 1. The zero-order valence-corrected chi connectivity index (χ0v) is 6.75. The highest BCUT2D eigenvalue weighted by Gasteiger charge is 2.27. The number of rotatable bonds is 0. The Morgan fingerprint density at radius 3 is 3.00 bits per heavy atom. The van der Waals surface area contributed by atoms with Crippen molar-refractivity contribution in [2.45, 2.75) is 32.1 Å². The van der Waals surface area contributed by atoms with E-state index in [0.29, 0.717) is 11.7 Å². The minimum absolute atomic E-state index is 0.341. The van der Waals surface area contributed by atoms with Gasteiger partial charge in [-0.1, -0.05) is 18.9 Å². The van der Waals surface area contributed by atoms with E-state index in [1.807, 2.05) is 0 Å². The number of fused-ring (bicyclic) bond motifs is 1. The van der Waals surface area contributed by atoms with E-state index in [-0.39, 0.29) is 0 Å². The minimum atomic E-state index is 0.341. The van der Waals surface area contributed by atoms with Crippen LogP contribution in [0.4, 0.5) is 0 Å². The van der Waals surface area contributed by atoms with Crippen LogP contribution in [0.5, 0.6) is 0 Å². The minimum Gasteiger partial charge on any atom is -0.295 e. The molecule has 2 aliphatic rings. The highest BCUT2D eigenvalue weighted by atomic mass is 16.1. The third-order valence-corrected chi connectivity index (χ3v) is 2.96. The Bertz CT molecular complexity index is 193. The molecule has 11 heavy (non-hydrogen) atoms. The largest absolute Gasteiger partial charge is 0.295 e. The summed E-state index contributed by atoms with van der Waals surface area (Å²) in [5.41, 5.74) is 0. The van der Waals surface area contributed by atoms with E-state index in [9.17, 15) is 4.79 Å². The molecule has 60 valence electrons. The van der Waals surface area contributed by atoms with Gasteiger partial charge in [0.25, 0.3) is 0 Å². The molecule has 0 aliphatic heterocycles. The molecule has 1 nitrogen and oxygen atoms in total. The zero-order valence-electron chi connectivity index (χ0n) is 6.75. The molecule has 0 amide bonds. The maximum Gasteiger partial charge on any atom is 0.155 e. The highest BCUT2D eigenvalue weighted by molar-refractivity contribution is 5.90. The van der Waals surface area contributed by atoms with Gasteiger partial charge in [0.05, 0.1) is 0 Å². The number of allylic oxidation sites excluding steroid dienone is 2. The lowest BCUT2D eigenvalue weighted by Gasteiger charge is -2.30. The molecule has 0 aromatic rings. The fourth-order valence-corrected chi connectivity index (χ4v) is 2.30. The van der Waals surface area contributed by atoms with Crippen LogP contribution in [0.2, 0.25) is 0 Å². The summed E-state index contributed by atoms with van der Waals surface area (Å²) in [5, 5.41) is 0. The second-order valence-corrected chi connectivity index (χ2v) is 3.74. The van der Waals surface area contributed by atoms with E-state index in [4.69, 9.17) is 0 Å². The molecule has 0 spiro atoms. The van der Waals surface area contributed by atoms with Gasteiger partial charge in [-0.2, -0.15) is 0 Å². The van der Waals surface area contributed by atoms with Crippen molar-refractivity contribution in [3.63, 3.8) is 0 Å². The topological polar surface area (TPSA) is 17.1 Å². The van der Waals surface area contributed by atoms with Crippen molar-refractivity contribution in [1.29, 1.82) is 0 Å². The first-order valence-corrected chi connectivity index (χ1v) is 4.57. The van der Waals surface area contributed by atoms with Crippen LogP contribution in [0.1, 0.15) is 32.1 Å². The van der Waals surface area contributed by atoms with Crippen LogP contribution in [0.3, 0.4) is 0 Å². The molecular formula is C10H14O. The predicted octanol–water partition coefficient (Wildman–Crippen LogP) is 2.32. The molecule has 0 unspecified atom stereocenters. The molecule has 0 radical (unpaired) electrons. The van der Waals surface area contributed by atoms with E-state index >= 15 is 0 Å². The SMILES string of the molecule is O=C1C=C[C@@H]2CCCC[C@H]2C1. The van der Waals surface area contributed by atoms with Crippen LogP contribution in [-0.2, 0) is 4.79 Å². The lowest BCUT2D eigenvalue weighted by molar-refractivity contribution is -0.116. The van der Waals surface area contributed by atoms with Gasteiger partial charge in [-0.15, -0.1) is 0 Å². The average molecular weight is 150 g/mol.